The number of rotatable bonds is 2. The van der Waals surface area contributed by atoms with E-state index in [1.807, 2.05) is 48.5 Å². The molecule has 3 aromatic rings. The Hall–Kier alpha value is -3.14. The Balaban J connectivity index is 2.13. The Morgan fingerprint density at radius 3 is 2.12 bits per heavy atom. The van der Waals surface area contributed by atoms with Gasteiger partial charge in [-0.05, 0) is 30.5 Å². The van der Waals surface area contributed by atoms with E-state index in [9.17, 15) is 14.7 Å². The van der Waals surface area contributed by atoms with Gasteiger partial charge in [0.15, 0.2) is 5.78 Å². The number of pyridine rings is 1. The number of carbonyl (C=O) groups is 1. The third kappa shape index (κ3) is 2.47. The Morgan fingerprint density at radius 2 is 1.44 bits per heavy atom. The van der Waals surface area contributed by atoms with Crippen molar-refractivity contribution >= 4 is 5.78 Å². The van der Waals surface area contributed by atoms with Crippen molar-refractivity contribution in [3.8, 4) is 22.6 Å². The summed E-state index contributed by atoms with van der Waals surface area (Å²) in [5.41, 5.74) is 2.08. The molecule has 0 saturated heterocycles. The highest BCUT2D eigenvalue weighted by molar-refractivity contribution is 6.02. The van der Waals surface area contributed by atoms with Gasteiger partial charge in [-0.15, -0.1) is 0 Å². The van der Waals surface area contributed by atoms with Crippen molar-refractivity contribution in [1.82, 2.24) is 4.57 Å². The third-order valence-corrected chi connectivity index (χ3v) is 4.62. The second-order valence-corrected chi connectivity index (χ2v) is 6.16. The minimum atomic E-state index is -0.302. The molecule has 124 valence electrons. The number of benzene rings is 2. The summed E-state index contributed by atoms with van der Waals surface area (Å²) in [5, 5.41) is 10.8. The first kappa shape index (κ1) is 15.4. The number of aromatic hydroxyl groups is 1. The maximum Gasteiger partial charge on any atom is 0.266 e. The lowest BCUT2D eigenvalue weighted by atomic mass is 9.90. The molecule has 0 spiro atoms. The lowest BCUT2D eigenvalue weighted by Crippen LogP contribution is -2.29. The second-order valence-electron chi connectivity index (χ2n) is 6.16. The molecule has 0 atom stereocenters. The van der Waals surface area contributed by atoms with Gasteiger partial charge >= 0.3 is 0 Å². The largest absolute Gasteiger partial charge is 0.506 e. The number of aromatic nitrogens is 1. The average Bonchev–Trinajstić information content (AvgIpc) is 2.63. The van der Waals surface area contributed by atoms with E-state index < -0.39 is 0 Å². The summed E-state index contributed by atoms with van der Waals surface area (Å²) in [4.78, 5) is 25.8. The number of para-hydroxylation sites is 1. The van der Waals surface area contributed by atoms with Crippen molar-refractivity contribution in [3.63, 3.8) is 0 Å². The van der Waals surface area contributed by atoms with Gasteiger partial charge in [-0.3, -0.25) is 14.2 Å². The fraction of sp³-hybridized carbons (Fsp3) is 0.143. The highest BCUT2D eigenvalue weighted by Crippen LogP contribution is 2.36. The molecule has 1 aromatic heterocycles. The lowest BCUT2D eigenvalue weighted by Gasteiger charge is -2.23. The summed E-state index contributed by atoms with van der Waals surface area (Å²) in [6.07, 6.45) is 1.66. The molecule has 25 heavy (non-hydrogen) atoms. The van der Waals surface area contributed by atoms with Gasteiger partial charge in [0.25, 0.3) is 5.56 Å². The number of Topliss-reactive ketones (excluding diaryl/α,β-unsaturated/α-hetero) is 1. The van der Waals surface area contributed by atoms with Crippen molar-refractivity contribution in [1.29, 1.82) is 0 Å². The van der Waals surface area contributed by atoms with Crippen molar-refractivity contribution in [2.45, 2.75) is 19.3 Å². The zero-order chi connectivity index (χ0) is 17.4. The Bertz CT molecular complexity index is 1000. The van der Waals surface area contributed by atoms with Crippen LogP contribution in [0, 0.1) is 0 Å². The van der Waals surface area contributed by atoms with Gasteiger partial charge < -0.3 is 5.11 Å². The molecule has 4 heteroatoms. The molecular formula is C21H17NO3. The van der Waals surface area contributed by atoms with E-state index in [0.29, 0.717) is 36.2 Å². The first-order valence-corrected chi connectivity index (χ1v) is 8.33. The van der Waals surface area contributed by atoms with E-state index in [-0.39, 0.29) is 28.2 Å². The number of hydrogen-bond acceptors (Lipinski definition) is 3. The van der Waals surface area contributed by atoms with Crippen LogP contribution in [0.15, 0.2) is 65.5 Å². The molecule has 1 aliphatic rings. The summed E-state index contributed by atoms with van der Waals surface area (Å²) in [6, 6.07) is 18.3. The SMILES string of the molecule is O=C1CCCc2c1c(O)c(-c1ccccc1)c(=O)n2-c1ccccc1. The fourth-order valence-corrected chi connectivity index (χ4v) is 3.50. The molecule has 0 aliphatic heterocycles. The molecule has 2 aromatic carbocycles. The Morgan fingerprint density at radius 1 is 0.800 bits per heavy atom. The highest BCUT2D eigenvalue weighted by atomic mass is 16.3. The number of fused-ring (bicyclic) bond motifs is 1. The zero-order valence-corrected chi connectivity index (χ0v) is 13.6. The van der Waals surface area contributed by atoms with Crippen LogP contribution in [-0.2, 0) is 6.42 Å². The van der Waals surface area contributed by atoms with Crippen LogP contribution < -0.4 is 5.56 Å². The molecule has 0 bridgehead atoms. The van der Waals surface area contributed by atoms with Crippen LogP contribution in [0.1, 0.15) is 28.9 Å². The maximum absolute atomic E-state index is 13.3. The van der Waals surface area contributed by atoms with E-state index in [1.54, 1.807) is 16.7 Å². The van der Waals surface area contributed by atoms with Crippen LogP contribution in [0.2, 0.25) is 0 Å². The zero-order valence-electron chi connectivity index (χ0n) is 13.6. The molecule has 1 N–H and O–H groups in total. The van der Waals surface area contributed by atoms with Crippen molar-refractivity contribution in [2.24, 2.45) is 0 Å². The standard InChI is InChI=1S/C21H17NO3/c23-17-13-7-12-16-19(17)20(24)18(14-8-3-1-4-9-14)21(25)22(16)15-10-5-2-6-11-15/h1-6,8-11,24H,7,12-13H2. The summed E-state index contributed by atoms with van der Waals surface area (Å²) >= 11 is 0. The van der Waals surface area contributed by atoms with Gasteiger partial charge in [-0.25, -0.2) is 0 Å². The van der Waals surface area contributed by atoms with E-state index in [0.717, 1.165) is 0 Å². The number of ketones is 1. The van der Waals surface area contributed by atoms with Gasteiger partial charge in [0.1, 0.15) is 5.75 Å². The van der Waals surface area contributed by atoms with Crippen LogP contribution in [-0.4, -0.2) is 15.5 Å². The molecule has 1 aliphatic carbocycles. The molecule has 0 unspecified atom stereocenters. The fourth-order valence-electron chi connectivity index (χ4n) is 3.50. The van der Waals surface area contributed by atoms with E-state index in [2.05, 4.69) is 0 Å². The minimum absolute atomic E-state index is 0.111. The monoisotopic (exact) mass is 331 g/mol. The van der Waals surface area contributed by atoms with Gasteiger partial charge in [0.05, 0.1) is 11.1 Å². The van der Waals surface area contributed by atoms with Crippen LogP contribution in [0.5, 0.6) is 5.75 Å². The summed E-state index contributed by atoms with van der Waals surface area (Å²) in [5.74, 6) is -0.302. The molecule has 0 amide bonds. The normalized spacial score (nSPS) is 13.5. The van der Waals surface area contributed by atoms with Crippen molar-refractivity contribution in [2.75, 3.05) is 0 Å². The number of nitrogens with zero attached hydrogens (tertiary/aromatic N) is 1. The number of hydrogen-bond donors (Lipinski definition) is 1. The molecule has 0 saturated carbocycles. The lowest BCUT2D eigenvalue weighted by molar-refractivity contribution is 0.0968. The number of carbonyl (C=O) groups excluding carboxylic acids is 1. The first-order valence-electron chi connectivity index (χ1n) is 8.33. The predicted molar refractivity (Wildman–Crippen MR) is 96.4 cm³/mol. The molecular weight excluding hydrogens is 314 g/mol. The van der Waals surface area contributed by atoms with Gasteiger partial charge in [-0.1, -0.05) is 48.5 Å². The van der Waals surface area contributed by atoms with Gasteiger partial charge in [0.2, 0.25) is 0 Å². The van der Waals surface area contributed by atoms with Crippen molar-refractivity contribution in [3.05, 3.63) is 82.3 Å². The molecule has 0 fully saturated rings. The maximum atomic E-state index is 13.3. The first-order chi connectivity index (χ1) is 12.2. The van der Waals surface area contributed by atoms with E-state index >= 15 is 0 Å². The molecule has 0 radical (unpaired) electrons. The topological polar surface area (TPSA) is 59.3 Å². The highest BCUT2D eigenvalue weighted by Gasteiger charge is 2.29. The average molecular weight is 331 g/mol. The van der Waals surface area contributed by atoms with Gasteiger partial charge in [0, 0.05) is 17.8 Å². The molecule has 4 nitrogen and oxygen atoms in total. The third-order valence-electron chi connectivity index (χ3n) is 4.62. The Kier molecular flexibility index (Phi) is 3.73. The summed E-state index contributed by atoms with van der Waals surface area (Å²) in [6.45, 7) is 0. The van der Waals surface area contributed by atoms with Gasteiger partial charge in [-0.2, -0.15) is 0 Å². The predicted octanol–water partition coefficient (Wildman–Crippen LogP) is 3.73. The quantitative estimate of drug-likeness (QED) is 0.778. The molecule has 4 rings (SSSR count). The minimum Gasteiger partial charge on any atom is -0.506 e. The summed E-state index contributed by atoms with van der Waals surface area (Å²) in [7, 11) is 0. The van der Waals surface area contributed by atoms with E-state index in [4.69, 9.17) is 0 Å². The van der Waals surface area contributed by atoms with Crippen LogP contribution in [0.25, 0.3) is 16.8 Å². The van der Waals surface area contributed by atoms with Crippen LogP contribution >= 0.6 is 0 Å². The van der Waals surface area contributed by atoms with Crippen molar-refractivity contribution < 1.29 is 9.90 Å². The Labute approximate surface area is 145 Å². The van der Waals surface area contributed by atoms with Crippen LogP contribution in [0.3, 0.4) is 0 Å². The van der Waals surface area contributed by atoms with Crippen LogP contribution in [0.4, 0.5) is 0 Å². The molecule has 1 heterocycles. The second kappa shape index (κ2) is 6.06. The summed E-state index contributed by atoms with van der Waals surface area (Å²) < 4.78 is 1.58. The van der Waals surface area contributed by atoms with E-state index in [1.165, 1.54) is 0 Å². The smallest absolute Gasteiger partial charge is 0.266 e.